The molecule has 1 saturated heterocycles. The van der Waals surface area contributed by atoms with Gasteiger partial charge in [-0.3, -0.25) is 0 Å². The fraction of sp³-hybridized carbons (Fsp3) is 0.385. The molecule has 0 spiro atoms. The minimum Gasteiger partial charge on any atom is -0.490 e. The molecule has 1 heterocycles. The van der Waals surface area contributed by atoms with E-state index in [-0.39, 0.29) is 5.60 Å². The second-order valence-corrected chi connectivity index (χ2v) is 4.13. The van der Waals surface area contributed by atoms with E-state index in [1.54, 1.807) is 0 Å². The number of hydrogen-bond donors (Lipinski definition) is 0. The molecule has 2 rings (SSSR count). The second kappa shape index (κ2) is 4.07. The minimum absolute atomic E-state index is 0.0543. The zero-order valence-corrected chi connectivity index (χ0v) is 9.03. The van der Waals surface area contributed by atoms with E-state index in [9.17, 15) is 0 Å². The summed E-state index contributed by atoms with van der Waals surface area (Å²) in [6, 6.07) is 8.05. The van der Waals surface area contributed by atoms with Crippen LogP contribution in [0.3, 0.4) is 0 Å². The Morgan fingerprint density at radius 1 is 1.53 bits per heavy atom. The van der Waals surface area contributed by atoms with Crippen LogP contribution in [0, 0.1) is 0 Å². The normalized spacial score (nSPS) is 23.5. The second-order valence-electron chi connectivity index (χ2n) is 4.13. The summed E-state index contributed by atoms with van der Waals surface area (Å²) in [4.78, 5) is 0. The molecule has 0 aromatic heterocycles. The summed E-state index contributed by atoms with van der Waals surface area (Å²) in [5, 5.41) is 0. The lowest BCUT2D eigenvalue weighted by molar-refractivity contribution is 0.201. The zero-order valence-electron chi connectivity index (χ0n) is 9.03. The van der Waals surface area contributed by atoms with Crippen LogP contribution >= 0.6 is 0 Å². The van der Waals surface area contributed by atoms with Gasteiger partial charge in [0.1, 0.15) is 18.0 Å². The van der Waals surface area contributed by atoms with Crippen molar-refractivity contribution in [3.8, 4) is 5.75 Å². The van der Waals surface area contributed by atoms with E-state index >= 15 is 0 Å². The molecule has 0 saturated carbocycles. The molecule has 1 aliphatic heterocycles. The first-order valence-corrected chi connectivity index (χ1v) is 5.19. The highest BCUT2D eigenvalue weighted by atomic mass is 16.6. The summed E-state index contributed by atoms with van der Waals surface area (Å²) in [5.41, 5.74) is 1.12. The molecule has 1 fully saturated rings. The number of ether oxygens (including phenoxy) is 2. The predicted molar refractivity (Wildman–Crippen MR) is 60.2 cm³/mol. The average molecular weight is 204 g/mol. The SMILES string of the molecule is C=CCc1ccccc1OCC1(C)CO1. The Hall–Kier alpha value is -1.28. The first kappa shape index (κ1) is 10.2. The third-order valence-electron chi connectivity index (χ3n) is 2.51. The van der Waals surface area contributed by atoms with Crippen molar-refractivity contribution in [2.45, 2.75) is 18.9 Å². The fourth-order valence-corrected chi connectivity index (χ4v) is 1.41. The molecule has 15 heavy (non-hydrogen) atoms. The van der Waals surface area contributed by atoms with Crippen LogP contribution in [0.5, 0.6) is 5.75 Å². The van der Waals surface area contributed by atoms with E-state index in [2.05, 4.69) is 19.6 Å². The quantitative estimate of drug-likeness (QED) is 0.543. The van der Waals surface area contributed by atoms with Crippen molar-refractivity contribution in [1.29, 1.82) is 0 Å². The molecule has 0 N–H and O–H groups in total. The molecule has 0 radical (unpaired) electrons. The van der Waals surface area contributed by atoms with Crippen LogP contribution < -0.4 is 4.74 Å². The maximum Gasteiger partial charge on any atom is 0.123 e. The molecule has 1 unspecified atom stereocenters. The summed E-state index contributed by atoms with van der Waals surface area (Å²) in [7, 11) is 0. The van der Waals surface area contributed by atoms with Gasteiger partial charge in [0.05, 0.1) is 6.61 Å². The van der Waals surface area contributed by atoms with Gasteiger partial charge >= 0.3 is 0 Å². The van der Waals surface area contributed by atoms with Crippen LogP contribution in [0.1, 0.15) is 12.5 Å². The number of epoxide rings is 1. The van der Waals surface area contributed by atoms with Crippen molar-refractivity contribution < 1.29 is 9.47 Å². The number of hydrogen-bond acceptors (Lipinski definition) is 2. The van der Waals surface area contributed by atoms with Crippen molar-refractivity contribution in [2.75, 3.05) is 13.2 Å². The van der Waals surface area contributed by atoms with E-state index in [1.807, 2.05) is 24.3 Å². The summed E-state index contributed by atoms with van der Waals surface area (Å²) in [6.07, 6.45) is 2.73. The van der Waals surface area contributed by atoms with E-state index in [4.69, 9.17) is 9.47 Å². The smallest absolute Gasteiger partial charge is 0.123 e. The summed E-state index contributed by atoms with van der Waals surface area (Å²) in [6.45, 7) is 7.23. The van der Waals surface area contributed by atoms with Gasteiger partial charge in [-0.15, -0.1) is 6.58 Å². The first-order chi connectivity index (χ1) is 7.23. The molecule has 1 aliphatic rings. The Balaban J connectivity index is 2.02. The van der Waals surface area contributed by atoms with Crippen LogP contribution in [0.2, 0.25) is 0 Å². The highest BCUT2D eigenvalue weighted by Crippen LogP contribution is 2.28. The van der Waals surface area contributed by atoms with Gasteiger partial charge < -0.3 is 9.47 Å². The van der Waals surface area contributed by atoms with Gasteiger partial charge in [-0.25, -0.2) is 0 Å². The molecule has 2 nitrogen and oxygen atoms in total. The maximum atomic E-state index is 5.74. The van der Waals surface area contributed by atoms with Gasteiger partial charge in [0.2, 0.25) is 0 Å². The fourth-order valence-electron chi connectivity index (χ4n) is 1.41. The van der Waals surface area contributed by atoms with E-state index < -0.39 is 0 Å². The molecule has 1 atom stereocenters. The predicted octanol–water partition coefficient (Wildman–Crippen LogP) is 2.58. The Kier molecular flexibility index (Phi) is 2.78. The van der Waals surface area contributed by atoms with Gasteiger partial charge in [-0.1, -0.05) is 24.3 Å². The van der Waals surface area contributed by atoms with E-state index in [0.717, 1.165) is 18.8 Å². The highest BCUT2D eigenvalue weighted by molar-refractivity contribution is 5.34. The van der Waals surface area contributed by atoms with Crippen LogP contribution in [-0.4, -0.2) is 18.8 Å². The topological polar surface area (TPSA) is 21.8 Å². The van der Waals surface area contributed by atoms with Crippen molar-refractivity contribution in [1.82, 2.24) is 0 Å². The van der Waals surface area contributed by atoms with E-state index in [1.165, 1.54) is 5.56 Å². The van der Waals surface area contributed by atoms with E-state index in [0.29, 0.717) is 6.61 Å². The van der Waals surface area contributed by atoms with Crippen molar-refractivity contribution >= 4 is 0 Å². The van der Waals surface area contributed by atoms with Crippen molar-refractivity contribution in [3.63, 3.8) is 0 Å². The van der Waals surface area contributed by atoms with Crippen molar-refractivity contribution in [3.05, 3.63) is 42.5 Å². The number of para-hydroxylation sites is 1. The lowest BCUT2D eigenvalue weighted by Gasteiger charge is -2.11. The minimum atomic E-state index is -0.0543. The van der Waals surface area contributed by atoms with Crippen LogP contribution in [0.4, 0.5) is 0 Å². The summed E-state index contributed by atoms with van der Waals surface area (Å²) >= 11 is 0. The van der Waals surface area contributed by atoms with Crippen LogP contribution in [0.15, 0.2) is 36.9 Å². The van der Waals surface area contributed by atoms with Crippen molar-refractivity contribution in [2.24, 2.45) is 0 Å². The Labute approximate surface area is 90.5 Å². The third-order valence-corrected chi connectivity index (χ3v) is 2.51. The molecule has 0 aliphatic carbocycles. The number of benzene rings is 1. The lowest BCUT2D eigenvalue weighted by Crippen LogP contribution is -2.17. The number of rotatable bonds is 5. The van der Waals surface area contributed by atoms with Gasteiger partial charge in [0.15, 0.2) is 0 Å². The molecular weight excluding hydrogens is 188 g/mol. The molecule has 0 amide bonds. The van der Waals surface area contributed by atoms with Gasteiger partial charge in [-0.05, 0) is 25.0 Å². The Bertz CT molecular complexity index is 353. The summed E-state index contributed by atoms with van der Waals surface area (Å²) in [5.74, 6) is 0.939. The van der Waals surface area contributed by atoms with Gasteiger partial charge in [0.25, 0.3) is 0 Å². The van der Waals surface area contributed by atoms with Crippen LogP contribution in [-0.2, 0) is 11.2 Å². The highest BCUT2D eigenvalue weighted by Gasteiger charge is 2.40. The Morgan fingerprint density at radius 2 is 2.27 bits per heavy atom. The molecule has 0 bridgehead atoms. The molecule has 80 valence electrons. The number of allylic oxidation sites excluding steroid dienone is 1. The zero-order chi connectivity index (χ0) is 10.7. The third kappa shape index (κ3) is 2.60. The van der Waals surface area contributed by atoms with Gasteiger partial charge in [0, 0.05) is 0 Å². The molecular formula is C13H16O2. The Morgan fingerprint density at radius 3 is 2.93 bits per heavy atom. The first-order valence-electron chi connectivity index (χ1n) is 5.19. The molecule has 1 aromatic rings. The van der Waals surface area contributed by atoms with Gasteiger partial charge in [-0.2, -0.15) is 0 Å². The average Bonchev–Trinajstić information content (AvgIpc) is 2.97. The molecule has 2 heteroatoms. The standard InChI is InChI=1S/C13H16O2/c1-3-6-11-7-4-5-8-12(11)14-9-13(2)10-15-13/h3-5,7-8H,1,6,9-10H2,2H3. The largest absolute Gasteiger partial charge is 0.490 e. The lowest BCUT2D eigenvalue weighted by atomic mass is 10.1. The maximum absolute atomic E-state index is 5.74. The summed E-state index contributed by atoms with van der Waals surface area (Å²) < 4.78 is 11.0. The monoisotopic (exact) mass is 204 g/mol. The van der Waals surface area contributed by atoms with Crippen LogP contribution in [0.25, 0.3) is 0 Å². The molecule has 1 aromatic carbocycles.